The molecular formula is C25H22N2O5. The maximum Gasteiger partial charge on any atom is 0.193 e. The molecule has 7 nitrogen and oxygen atoms in total. The van der Waals surface area contributed by atoms with Gasteiger partial charge in [0.1, 0.15) is 0 Å². The highest BCUT2D eigenvalue weighted by molar-refractivity contribution is 6.12. The molecule has 0 radical (unpaired) electrons. The van der Waals surface area contributed by atoms with Crippen molar-refractivity contribution in [3.05, 3.63) is 95.1 Å². The van der Waals surface area contributed by atoms with E-state index in [0.717, 1.165) is 6.07 Å². The minimum absolute atomic E-state index is 0.0179. The lowest BCUT2D eigenvalue weighted by Crippen LogP contribution is -2.08. The molecule has 1 atom stereocenters. The maximum atomic E-state index is 12.5. The molecule has 0 spiro atoms. The van der Waals surface area contributed by atoms with Crippen molar-refractivity contribution in [2.45, 2.75) is 20.0 Å². The van der Waals surface area contributed by atoms with Crippen LogP contribution in [-0.2, 0) is 0 Å². The number of hydrogen-bond donors (Lipinski definition) is 3. The van der Waals surface area contributed by atoms with Crippen molar-refractivity contribution in [3.63, 3.8) is 0 Å². The largest absolute Gasteiger partial charge is 0.504 e. The standard InChI is InChI=1S/C25H22N2O5/c1-14(2)23(30)22-21(15(3)28)19(13-20(29)25(22)32)27-26-18-11-9-17(10-12-18)24(31)16-7-5-4-6-8-16/h4-13,15,28-29,32H,1H2,2-3H3. The maximum absolute atomic E-state index is 12.5. The Labute approximate surface area is 185 Å². The number of ketones is 2. The first-order valence-corrected chi connectivity index (χ1v) is 9.79. The predicted molar refractivity (Wildman–Crippen MR) is 120 cm³/mol. The number of carbonyl (C=O) groups excluding carboxylic acids is 2. The van der Waals surface area contributed by atoms with E-state index < -0.39 is 23.4 Å². The number of phenols is 2. The van der Waals surface area contributed by atoms with Crippen molar-refractivity contribution in [2.24, 2.45) is 10.2 Å². The lowest BCUT2D eigenvalue weighted by atomic mass is 9.94. The molecule has 0 aliphatic heterocycles. The minimum Gasteiger partial charge on any atom is -0.504 e. The smallest absolute Gasteiger partial charge is 0.193 e. The number of carbonyl (C=O) groups is 2. The van der Waals surface area contributed by atoms with E-state index in [-0.39, 0.29) is 28.2 Å². The van der Waals surface area contributed by atoms with Crippen molar-refractivity contribution in [1.82, 2.24) is 0 Å². The van der Waals surface area contributed by atoms with Gasteiger partial charge in [0.2, 0.25) is 0 Å². The van der Waals surface area contributed by atoms with Gasteiger partial charge in [0.25, 0.3) is 0 Å². The zero-order valence-corrected chi connectivity index (χ0v) is 17.6. The molecule has 0 fully saturated rings. The number of hydrogen-bond acceptors (Lipinski definition) is 7. The molecule has 0 saturated heterocycles. The van der Waals surface area contributed by atoms with Gasteiger partial charge in [-0.3, -0.25) is 9.59 Å². The van der Waals surface area contributed by atoms with Gasteiger partial charge in [-0.25, -0.2) is 0 Å². The Kier molecular flexibility index (Phi) is 6.61. The van der Waals surface area contributed by atoms with Gasteiger partial charge < -0.3 is 15.3 Å². The van der Waals surface area contributed by atoms with Gasteiger partial charge in [-0.15, -0.1) is 0 Å². The van der Waals surface area contributed by atoms with E-state index in [1.165, 1.54) is 13.8 Å². The zero-order chi connectivity index (χ0) is 23.4. The molecule has 0 aliphatic rings. The zero-order valence-electron chi connectivity index (χ0n) is 17.6. The molecule has 7 heteroatoms. The summed E-state index contributed by atoms with van der Waals surface area (Å²) in [5, 5.41) is 38.6. The number of allylic oxidation sites excluding steroid dienone is 1. The summed E-state index contributed by atoms with van der Waals surface area (Å²) in [5.41, 5.74) is 1.34. The molecule has 3 rings (SSSR count). The summed E-state index contributed by atoms with van der Waals surface area (Å²) >= 11 is 0. The number of phenolic OH excluding ortho intramolecular Hbond substituents is 2. The van der Waals surface area contributed by atoms with E-state index in [1.54, 1.807) is 48.5 Å². The summed E-state index contributed by atoms with van der Waals surface area (Å²) in [6.45, 7) is 6.43. The molecular weight excluding hydrogens is 408 g/mol. The van der Waals surface area contributed by atoms with Gasteiger partial charge in [0.15, 0.2) is 23.1 Å². The van der Waals surface area contributed by atoms with Crippen LogP contribution < -0.4 is 0 Å². The summed E-state index contributed by atoms with van der Waals surface area (Å²) in [6.07, 6.45) is -1.18. The molecule has 0 amide bonds. The molecule has 0 aromatic heterocycles. The van der Waals surface area contributed by atoms with E-state index in [9.17, 15) is 24.9 Å². The molecule has 0 saturated carbocycles. The van der Waals surface area contributed by atoms with Crippen LogP contribution in [0.2, 0.25) is 0 Å². The fraction of sp³-hybridized carbons (Fsp3) is 0.120. The average Bonchev–Trinajstić information content (AvgIpc) is 2.79. The molecule has 162 valence electrons. The molecule has 1 unspecified atom stereocenters. The summed E-state index contributed by atoms with van der Waals surface area (Å²) < 4.78 is 0. The molecule has 0 bridgehead atoms. The van der Waals surface area contributed by atoms with E-state index >= 15 is 0 Å². The SMILES string of the molecule is C=C(C)C(=O)c1c(O)c(O)cc(N=Nc2ccc(C(=O)c3ccccc3)cc2)c1C(C)O. The second-order valence-electron chi connectivity index (χ2n) is 7.28. The Morgan fingerprint density at radius 1 is 0.938 bits per heavy atom. The number of aliphatic hydroxyl groups excluding tert-OH is 1. The van der Waals surface area contributed by atoms with Crippen LogP contribution in [0.5, 0.6) is 11.5 Å². The first-order valence-electron chi connectivity index (χ1n) is 9.79. The number of azo groups is 1. The normalized spacial score (nSPS) is 12.0. The first-order chi connectivity index (χ1) is 15.2. The number of aromatic hydroxyl groups is 2. The van der Waals surface area contributed by atoms with Crippen molar-refractivity contribution in [2.75, 3.05) is 0 Å². The summed E-state index contributed by atoms with van der Waals surface area (Å²) in [5.74, 6) is -1.99. The minimum atomic E-state index is -1.18. The number of aliphatic hydroxyl groups is 1. The monoisotopic (exact) mass is 430 g/mol. The quantitative estimate of drug-likeness (QED) is 0.196. The Bertz CT molecular complexity index is 1210. The van der Waals surface area contributed by atoms with Gasteiger partial charge in [0, 0.05) is 22.8 Å². The van der Waals surface area contributed by atoms with Crippen LogP contribution in [-0.4, -0.2) is 26.9 Å². The number of Topliss-reactive ketones (excluding diaryl/α,β-unsaturated/α-hetero) is 1. The van der Waals surface area contributed by atoms with Gasteiger partial charge in [-0.05, 0) is 43.7 Å². The molecule has 0 aliphatic carbocycles. The highest BCUT2D eigenvalue weighted by atomic mass is 16.3. The van der Waals surface area contributed by atoms with E-state index in [4.69, 9.17) is 0 Å². The second-order valence-corrected chi connectivity index (χ2v) is 7.28. The lowest BCUT2D eigenvalue weighted by molar-refractivity contribution is 0.102. The van der Waals surface area contributed by atoms with Crippen molar-refractivity contribution < 1.29 is 24.9 Å². The molecule has 3 N–H and O–H groups in total. The Hall–Kier alpha value is -4.10. The van der Waals surface area contributed by atoms with Crippen LogP contribution in [0, 0.1) is 0 Å². The van der Waals surface area contributed by atoms with E-state index in [0.29, 0.717) is 16.8 Å². The fourth-order valence-corrected chi connectivity index (χ4v) is 3.16. The number of benzene rings is 3. The van der Waals surface area contributed by atoms with Crippen LogP contribution in [0.15, 0.2) is 83.0 Å². The fourth-order valence-electron chi connectivity index (χ4n) is 3.16. The number of rotatable bonds is 7. The van der Waals surface area contributed by atoms with Crippen molar-refractivity contribution in [1.29, 1.82) is 0 Å². The molecule has 32 heavy (non-hydrogen) atoms. The molecule has 3 aromatic rings. The second kappa shape index (κ2) is 9.36. The highest BCUT2D eigenvalue weighted by Crippen LogP contribution is 2.42. The van der Waals surface area contributed by atoms with Crippen molar-refractivity contribution in [3.8, 4) is 11.5 Å². The van der Waals surface area contributed by atoms with Gasteiger partial charge in [-0.2, -0.15) is 10.2 Å². The Balaban J connectivity index is 1.96. The Morgan fingerprint density at radius 2 is 1.53 bits per heavy atom. The van der Waals surface area contributed by atoms with Gasteiger partial charge >= 0.3 is 0 Å². The third-order valence-corrected chi connectivity index (χ3v) is 4.77. The summed E-state index contributed by atoms with van der Waals surface area (Å²) in [6, 6.07) is 16.4. The summed E-state index contributed by atoms with van der Waals surface area (Å²) in [4.78, 5) is 25.0. The van der Waals surface area contributed by atoms with Crippen molar-refractivity contribution >= 4 is 22.9 Å². The van der Waals surface area contributed by atoms with Crippen LogP contribution in [0.1, 0.15) is 51.8 Å². The van der Waals surface area contributed by atoms with Crippen LogP contribution in [0.4, 0.5) is 11.4 Å². The highest BCUT2D eigenvalue weighted by Gasteiger charge is 2.26. The summed E-state index contributed by atoms with van der Waals surface area (Å²) in [7, 11) is 0. The topological polar surface area (TPSA) is 120 Å². The van der Waals surface area contributed by atoms with Crippen LogP contribution >= 0.6 is 0 Å². The van der Waals surface area contributed by atoms with Crippen LogP contribution in [0.3, 0.4) is 0 Å². The Morgan fingerprint density at radius 3 is 2.09 bits per heavy atom. The lowest BCUT2D eigenvalue weighted by Gasteiger charge is -2.16. The van der Waals surface area contributed by atoms with E-state index in [2.05, 4.69) is 16.8 Å². The number of nitrogens with zero attached hydrogens (tertiary/aromatic N) is 2. The average molecular weight is 430 g/mol. The predicted octanol–water partition coefficient (Wildman–Crippen LogP) is 5.56. The molecule has 0 heterocycles. The molecule has 3 aromatic carbocycles. The first kappa shape index (κ1) is 22.6. The third-order valence-electron chi connectivity index (χ3n) is 4.77. The van der Waals surface area contributed by atoms with Crippen LogP contribution in [0.25, 0.3) is 0 Å². The van der Waals surface area contributed by atoms with Gasteiger partial charge in [0.05, 0.1) is 23.0 Å². The van der Waals surface area contributed by atoms with Gasteiger partial charge in [-0.1, -0.05) is 36.9 Å². The van der Waals surface area contributed by atoms with E-state index in [1.807, 2.05) is 6.07 Å². The third kappa shape index (κ3) is 4.63.